The number of nitrogen functional groups attached to an aromatic ring is 2. The summed E-state index contributed by atoms with van der Waals surface area (Å²) >= 11 is 4.09. The zero-order chi connectivity index (χ0) is 10.6. The number of nitrogens with two attached hydrogens (primary N) is 2. The highest BCUT2D eigenvalue weighted by molar-refractivity contribution is 7.80. The standard InChI is InChI=1S/C10H16N2OS/c1-7-5-9(12)10(6-8(7)11)13-3-2-4-14/h5-6,14H,2-4,11-12H2,1H3. The van der Waals surface area contributed by atoms with Crippen LogP contribution in [0.5, 0.6) is 5.75 Å². The van der Waals surface area contributed by atoms with E-state index in [1.807, 2.05) is 13.0 Å². The van der Waals surface area contributed by atoms with E-state index in [2.05, 4.69) is 12.6 Å². The molecule has 0 spiro atoms. The fourth-order valence-corrected chi connectivity index (χ4v) is 1.23. The van der Waals surface area contributed by atoms with E-state index in [-0.39, 0.29) is 0 Å². The molecular weight excluding hydrogens is 196 g/mol. The summed E-state index contributed by atoms with van der Waals surface area (Å²) in [6.45, 7) is 2.54. The molecule has 0 aromatic heterocycles. The monoisotopic (exact) mass is 212 g/mol. The second-order valence-electron chi connectivity index (χ2n) is 3.17. The maximum Gasteiger partial charge on any atom is 0.144 e. The van der Waals surface area contributed by atoms with Gasteiger partial charge in [0.15, 0.2) is 0 Å². The predicted octanol–water partition coefficient (Wildman–Crippen LogP) is 1.86. The van der Waals surface area contributed by atoms with Gasteiger partial charge in [0.25, 0.3) is 0 Å². The third-order valence-electron chi connectivity index (χ3n) is 1.96. The molecule has 14 heavy (non-hydrogen) atoms. The van der Waals surface area contributed by atoms with Crippen LogP contribution in [0.25, 0.3) is 0 Å². The summed E-state index contributed by atoms with van der Waals surface area (Å²) in [6, 6.07) is 3.59. The maximum absolute atomic E-state index is 5.77. The molecule has 0 fully saturated rings. The Hall–Kier alpha value is -1.03. The molecule has 0 aliphatic heterocycles. The van der Waals surface area contributed by atoms with Crippen LogP contribution < -0.4 is 16.2 Å². The SMILES string of the molecule is Cc1cc(N)c(OCCCS)cc1N. The van der Waals surface area contributed by atoms with E-state index in [0.29, 0.717) is 23.7 Å². The van der Waals surface area contributed by atoms with Crippen LogP contribution >= 0.6 is 12.6 Å². The van der Waals surface area contributed by atoms with Gasteiger partial charge in [-0.25, -0.2) is 0 Å². The highest BCUT2D eigenvalue weighted by atomic mass is 32.1. The lowest BCUT2D eigenvalue weighted by atomic mass is 10.1. The Morgan fingerprint density at radius 3 is 2.64 bits per heavy atom. The fraction of sp³-hybridized carbons (Fsp3) is 0.400. The summed E-state index contributed by atoms with van der Waals surface area (Å²) in [5.41, 5.74) is 13.8. The Bertz CT molecular complexity index is 315. The van der Waals surface area contributed by atoms with E-state index in [9.17, 15) is 0 Å². The van der Waals surface area contributed by atoms with Crippen LogP contribution in [0.1, 0.15) is 12.0 Å². The van der Waals surface area contributed by atoms with Crippen molar-refractivity contribution < 1.29 is 4.74 Å². The zero-order valence-corrected chi connectivity index (χ0v) is 9.18. The minimum atomic E-state index is 0.621. The highest BCUT2D eigenvalue weighted by Crippen LogP contribution is 2.27. The highest BCUT2D eigenvalue weighted by Gasteiger charge is 2.03. The fourth-order valence-electron chi connectivity index (χ4n) is 1.10. The molecule has 1 rings (SSSR count). The van der Waals surface area contributed by atoms with E-state index in [1.165, 1.54) is 0 Å². The number of benzene rings is 1. The van der Waals surface area contributed by atoms with E-state index < -0.39 is 0 Å². The zero-order valence-electron chi connectivity index (χ0n) is 8.29. The third-order valence-corrected chi connectivity index (χ3v) is 2.27. The van der Waals surface area contributed by atoms with Gasteiger partial charge in [-0.3, -0.25) is 0 Å². The molecule has 1 aromatic rings. The van der Waals surface area contributed by atoms with Crippen molar-refractivity contribution in [3.8, 4) is 5.75 Å². The lowest BCUT2D eigenvalue weighted by Gasteiger charge is -2.10. The minimum Gasteiger partial charge on any atom is -0.491 e. The molecule has 0 aliphatic rings. The van der Waals surface area contributed by atoms with Crippen LogP contribution in [0.3, 0.4) is 0 Å². The Morgan fingerprint density at radius 2 is 2.00 bits per heavy atom. The molecule has 0 saturated heterocycles. The Morgan fingerprint density at radius 1 is 1.29 bits per heavy atom. The first kappa shape index (κ1) is 11.0. The first-order valence-electron chi connectivity index (χ1n) is 4.54. The second kappa shape index (κ2) is 5.00. The molecule has 0 bridgehead atoms. The smallest absolute Gasteiger partial charge is 0.144 e. The Kier molecular flexibility index (Phi) is 3.95. The summed E-state index contributed by atoms with van der Waals surface area (Å²) in [5.74, 6) is 1.47. The van der Waals surface area contributed by atoms with Crippen LogP contribution in [0, 0.1) is 6.92 Å². The average Bonchev–Trinajstić information content (AvgIpc) is 2.14. The number of rotatable bonds is 4. The number of hydrogen-bond donors (Lipinski definition) is 3. The number of aryl methyl sites for hydroxylation is 1. The van der Waals surface area contributed by atoms with E-state index >= 15 is 0 Å². The van der Waals surface area contributed by atoms with Crippen molar-refractivity contribution in [1.82, 2.24) is 0 Å². The summed E-state index contributed by atoms with van der Waals surface area (Å²) in [6.07, 6.45) is 0.899. The normalized spacial score (nSPS) is 10.1. The number of hydrogen-bond acceptors (Lipinski definition) is 4. The predicted molar refractivity (Wildman–Crippen MR) is 64.0 cm³/mol. The van der Waals surface area contributed by atoms with Gasteiger partial charge in [-0.05, 0) is 30.7 Å². The Labute approximate surface area is 89.8 Å². The molecule has 0 saturated carbocycles. The van der Waals surface area contributed by atoms with Crippen LogP contribution in [-0.4, -0.2) is 12.4 Å². The van der Waals surface area contributed by atoms with Gasteiger partial charge >= 0.3 is 0 Å². The summed E-state index contributed by atoms with van der Waals surface area (Å²) in [7, 11) is 0. The molecule has 3 nitrogen and oxygen atoms in total. The van der Waals surface area contributed by atoms with Gasteiger partial charge in [-0.1, -0.05) is 0 Å². The summed E-state index contributed by atoms with van der Waals surface area (Å²) in [4.78, 5) is 0. The molecule has 0 radical (unpaired) electrons. The van der Waals surface area contributed by atoms with Gasteiger partial charge in [0, 0.05) is 11.8 Å². The topological polar surface area (TPSA) is 61.3 Å². The minimum absolute atomic E-state index is 0.621. The van der Waals surface area contributed by atoms with E-state index in [0.717, 1.165) is 17.7 Å². The largest absolute Gasteiger partial charge is 0.491 e. The van der Waals surface area contributed by atoms with Gasteiger partial charge in [-0.15, -0.1) is 0 Å². The average molecular weight is 212 g/mol. The van der Waals surface area contributed by atoms with Crippen LogP contribution in [-0.2, 0) is 0 Å². The van der Waals surface area contributed by atoms with Crippen molar-refractivity contribution in [2.24, 2.45) is 0 Å². The quantitative estimate of drug-likeness (QED) is 0.405. The van der Waals surface area contributed by atoms with E-state index in [1.54, 1.807) is 6.07 Å². The first-order chi connectivity index (χ1) is 6.65. The second-order valence-corrected chi connectivity index (χ2v) is 3.62. The van der Waals surface area contributed by atoms with Crippen LogP contribution in [0.2, 0.25) is 0 Å². The van der Waals surface area contributed by atoms with Crippen molar-refractivity contribution in [2.45, 2.75) is 13.3 Å². The molecule has 0 amide bonds. The molecule has 0 unspecified atom stereocenters. The molecule has 0 heterocycles. The summed E-state index contributed by atoms with van der Waals surface area (Å²) < 4.78 is 5.46. The van der Waals surface area contributed by atoms with Crippen molar-refractivity contribution in [2.75, 3.05) is 23.8 Å². The van der Waals surface area contributed by atoms with Crippen molar-refractivity contribution in [3.05, 3.63) is 17.7 Å². The number of thiol groups is 1. The third kappa shape index (κ3) is 2.73. The Balaban J connectivity index is 2.72. The summed E-state index contributed by atoms with van der Waals surface area (Å²) in [5, 5.41) is 0. The van der Waals surface area contributed by atoms with Crippen LogP contribution in [0.15, 0.2) is 12.1 Å². The number of ether oxygens (including phenoxy) is 1. The van der Waals surface area contributed by atoms with Gasteiger partial charge in [0.05, 0.1) is 12.3 Å². The van der Waals surface area contributed by atoms with Gasteiger partial charge in [-0.2, -0.15) is 12.6 Å². The lowest BCUT2D eigenvalue weighted by molar-refractivity contribution is 0.320. The van der Waals surface area contributed by atoms with Crippen LogP contribution in [0.4, 0.5) is 11.4 Å². The molecule has 0 aliphatic carbocycles. The molecule has 4 heteroatoms. The van der Waals surface area contributed by atoms with Crippen molar-refractivity contribution in [3.63, 3.8) is 0 Å². The van der Waals surface area contributed by atoms with Gasteiger partial charge in [0.1, 0.15) is 5.75 Å². The number of anilines is 2. The first-order valence-corrected chi connectivity index (χ1v) is 5.17. The molecule has 78 valence electrons. The van der Waals surface area contributed by atoms with Gasteiger partial charge in [0.2, 0.25) is 0 Å². The van der Waals surface area contributed by atoms with Crippen molar-refractivity contribution in [1.29, 1.82) is 0 Å². The molecule has 1 aromatic carbocycles. The van der Waals surface area contributed by atoms with Gasteiger partial charge < -0.3 is 16.2 Å². The van der Waals surface area contributed by atoms with Crippen molar-refractivity contribution >= 4 is 24.0 Å². The molecular formula is C10H16N2OS. The molecule has 4 N–H and O–H groups in total. The molecule has 0 atom stereocenters. The lowest BCUT2D eigenvalue weighted by Crippen LogP contribution is -2.02. The van der Waals surface area contributed by atoms with E-state index in [4.69, 9.17) is 16.2 Å². The maximum atomic E-state index is 5.77.